The standard InChI is InChI=1S/C28H36N4O4/c1-4-19(2)17-29-21-16-22-24(31-27(33)23-13-9-15-36-23)25(28(34)35-3)32(26(22)30-18-21)14-8-12-20-10-6-5-7-11-20/h5-7,10-11,16,18-19,23,29H,4,8-9,12-15,17H2,1-3H3,(H,31,33)/t19-,23-/m0/s1. The van der Waals surface area contributed by atoms with E-state index < -0.39 is 12.1 Å². The molecule has 1 amide bonds. The number of benzene rings is 1. The molecule has 1 fully saturated rings. The second-order valence-electron chi connectivity index (χ2n) is 9.44. The van der Waals surface area contributed by atoms with Crippen LogP contribution < -0.4 is 10.6 Å². The van der Waals surface area contributed by atoms with Crippen molar-refractivity contribution in [3.8, 4) is 0 Å². The van der Waals surface area contributed by atoms with Crippen molar-refractivity contribution in [3.05, 3.63) is 53.9 Å². The average molecular weight is 493 g/mol. The van der Waals surface area contributed by atoms with Crippen LogP contribution in [0.25, 0.3) is 11.0 Å². The monoisotopic (exact) mass is 492 g/mol. The molecule has 4 rings (SSSR count). The first-order valence-electron chi connectivity index (χ1n) is 12.8. The summed E-state index contributed by atoms with van der Waals surface area (Å²) in [4.78, 5) is 30.8. The van der Waals surface area contributed by atoms with Gasteiger partial charge in [-0.15, -0.1) is 0 Å². The first-order valence-corrected chi connectivity index (χ1v) is 12.8. The fraction of sp³-hybridized carbons (Fsp3) is 0.464. The Morgan fingerprint density at radius 2 is 2.08 bits per heavy atom. The van der Waals surface area contributed by atoms with Gasteiger partial charge in [-0.05, 0) is 43.2 Å². The van der Waals surface area contributed by atoms with Gasteiger partial charge in [0, 0.05) is 25.1 Å². The van der Waals surface area contributed by atoms with Crippen molar-refractivity contribution in [2.75, 3.05) is 30.9 Å². The lowest BCUT2D eigenvalue weighted by Crippen LogP contribution is -2.28. The molecule has 0 unspecified atom stereocenters. The summed E-state index contributed by atoms with van der Waals surface area (Å²) < 4.78 is 12.6. The molecule has 8 nitrogen and oxygen atoms in total. The van der Waals surface area contributed by atoms with E-state index >= 15 is 0 Å². The summed E-state index contributed by atoms with van der Waals surface area (Å²) in [6.07, 6.45) is 5.48. The number of hydrogen-bond acceptors (Lipinski definition) is 6. The Labute approximate surface area is 212 Å². The summed E-state index contributed by atoms with van der Waals surface area (Å²) in [6.45, 7) is 6.27. The Balaban J connectivity index is 1.71. The first kappa shape index (κ1) is 25.7. The van der Waals surface area contributed by atoms with Gasteiger partial charge in [0.2, 0.25) is 0 Å². The Morgan fingerprint density at radius 1 is 1.28 bits per heavy atom. The maximum atomic E-state index is 13.0. The van der Waals surface area contributed by atoms with E-state index in [0.717, 1.165) is 37.9 Å². The van der Waals surface area contributed by atoms with Crippen molar-refractivity contribution in [3.63, 3.8) is 0 Å². The molecule has 192 valence electrons. The minimum Gasteiger partial charge on any atom is -0.464 e. The third-order valence-corrected chi connectivity index (χ3v) is 6.79. The number of pyridine rings is 1. The normalized spacial score (nSPS) is 16.1. The van der Waals surface area contributed by atoms with Gasteiger partial charge in [-0.3, -0.25) is 4.79 Å². The highest BCUT2D eigenvalue weighted by Gasteiger charge is 2.30. The van der Waals surface area contributed by atoms with Crippen LogP contribution in [0.4, 0.5) is 11.4 Å². The number of ether oxygens (including phenoxy) is 2. The van der Waals surface area contributed by atoms with Crippen LogP contribution in [0.1, 0.15) is 55.6 Å². The number of methoxy groups -OCH3 is 1. The van der Waals surface area contributed by atoms with Crippen LogP contribution in [0, 0.1) is 5.92 Å². The molecule has 0 saturated carbocycles. The van der Waals surface area contributed by atoms with Crippen LogP contribution in [0.3, 0.4) is 0 Å². The number of carbonyl (C=O) groups excluding carboxylic acids is 2. The predicted octanol–water partition coefficient (Wildman–Crippen LogP) is 5.03. The van der Waals surface area contributed by atoms with Crippen molar-refractivity contribution >= 4 is 34.3 Å². The van der Waals surface area contributed by atoms with Crippen molar-refractivity contribution in [2.24, 2.45) is 5.92 Å². The van der Waals surface area contributed by atoms with E-state index in [9.17, 15) is 9.59 Å². The quantitative estimate of drug-likeness (QED) is 0.365. The minimum absolute atomic E-state index is 0.251. The highest BCUT2D eigenvalue weighted by Crippen LogP contribution is 2.33. The highest BCUT2D eigenvalue weighted by atomic mass is 16.5. The first-order chi connectivity index (χ1) is 17.5. The minimum atomic E-state index is -0.522. The predicted molar refractivity (Wildman–Crippen MR) is 141 cm³/mol. The molecule has 1 aliphatic rings. The molecule has 3 heterocycles. The second-order valence-corrected chi connectivity index (χ2v) is 9.44. The van der Waals surface area contributed by atoms with Crippen LogP contribution in [0.5, 0.6) is 0 Å². The number of aryl methyl sites for hydroxylation is 2. The molecule has 2 N–H and O–H groups in total. The molecule has 2 atom stereocenters. The molecule has 0 spiro atoms. The molecule has 8 heteroatoms. The fourth-order valence-electron chi connectivity index (χ4n) is 4.49. The Hall–Kier alpha value is -3.39. The summed E-state index contributed by atoms with van der Waals surface area (Å²) in [5.41, 5.74) is 3.44. The van der Waals surface area contributed by atoms with Crippen molar-refractivity contribution in [1.82, 2.24) is 9.55 Å². The van der Waals surface area contributed by atoms with Crippen molar-refractivity contribution in [2.45, 2.75) is 58.6 Å². The summed E-state index contributed by atoms with van der Waals surface area (Å²) >= 11 is 0. The van der Waals surface area contributed by atoms with Crippen LogP contribution in [0.15, 0.2) is 42.6 Å². The molecule has 0 bridgehead atoms. The van der Waals surface area contributed by atoms with E-state index in [1.807, 2.05) is 28.8 Å². The number of nitrogens with one attached hydrogen (secondary N) is 2. The molecular weight excluding hydrogens is 456 g/mol. The number of carbonyl (C=O) groups is 2. The number of nitrogens with zero attached hydrogens (tertiary/aromatic N) is 2. The van der Waals surface area contributed by atoms with Gasteiger partial charge in [0.1, 0.15) is 11.8 Å². The number of aromatic nitrogens is 2. The Kier molecular flexibility index (Phi) is 8.59. The zero-order valence-electron chi connectivity index (χ0n) is 21.4. The highest BCUT2D eigenvalue weighted by molar-refractivity contribution is 6.12. The summed E-state index contributed by atoms with van der Waals surface area (Å²) in [5, 5.41) is 7.13. The number of amides is 1. The van der Waals surface area contributed by atoms with Crippen LogP contribution in [0.2, 0.25) is 0 Å². The number of fused-ring (bicyclic) bond motifs is 1. The van der Waals surface area contributed by atoms with E-state index in [2.05, 4.69) is 36.6 Å². The van der Waals surface area contributed by atoms with Crippen LogP contribution in [-0.4, -0.2) is 47.8 Å². The van der Waals surface area contributed by atoms with E-state index in [-0.39, 0.29) is 5.91 Å². The average Bonchev–Trinajstić information content (AvgIpc) is 3.55. The van der Waals surface area contributed by atoms with Crippen molar-refractivity contribution in [1.29, 1.82) is 0 Å². The topological polar surface area (TPSA) is 94.5 Å². The summed E-state index contributed by atoms with van der Waals surface area (Å²) in [6, 6.07) is 12.2. The van der Waals surface area contributed by atoms with Gasteiger partial charge >= 0.3 is 5.97 Å². The molecule has 2 aromatic heterocycles. The van der Waals surface area contributed by atoms with E-state index in [1.165, 1.54) is 12.7 Å². The van der Waals surface area contributed by atoms with Crippen LogP contribution in [-0.2, 0) is 27.2 Å². The summed E-state index contributed by atoms with van der Waals surface area (Å²) in [7, 11) is 1.35. The molecular formula is C28H36N4O4. The third kappa shape index (κ3) is 5.87. The number of anilines is 2. The number of esters is 1. The van der Waals surface area contributed by atoms with E-state index in [0.29, 0.717) is 47.9 Å². The molecule has 36 heavy (non-hydrogen) atoms. The Morgan fingerprint density at radius 3 is 2.78 bits per heavy atom. The lowest BCUT2D eigenvalue weighted by molar-refractivity contribution is -0.124. The van der Waals surface area contributed by atoms with Gasteiger partial charge in [-0.1, -0.05) is 50.6 Å². The number of hydrogen-bond donors (Lipinski definition) is 2. The molecule has 1 aliphatic heterocycles. The smallest absolute Gasteiger partial charge is 0.356 e. The van der Waals surface area contributed by atoms with Gasteiger partial charge in [0.25, 0.3) is 5.91 Å². The SMILES string of the molecule is CC[C@H](C)CNc1cnc2c(c1)c(NC(=O)[C@@H]1CCCO1)c(C(=O)OC)n2CCCc1ccccc1. The summed E-state index contributed by atoms with van der Waals surface area (Å²) in [5.74, 6) is -0.254. The molecule has 1 saturated heterocycles. The van der Waals surface area contributed by atoms with Gasteiger partial charge in [0.05, 0.1) is 24.7 Å². The maximum Gasteiger partial charge on any atom is 0.356 e. The molecule has 0 aliphatic carbocycles. The fourth-order valence-corrected chi connectivity index (χ4v) is 4.49. The largest absolute Gasteiger partial charge is 0.464 e. The zero-order valence-corrected chi connectivity index (χ0v) is 21.4. The lowest BCUT2D eigenvalue weighted by atomic mass is 10.1. The van der Waals surface area contributed by atoms with Gasteiger partial charge in [-0.2, -0.15) is 0 Å². The van der Waals surface area contributed by atoms with Gasteiger partial charge < -0.3 is 24.7 Å². The molecule has 3 aromatic rings. The zero-order chi connectivity index (χ0) is 25.5. The maximum absolute atomic E-state index is 13.0. The number of rotatable bonds is 11. The van der Waals surface area contributed by atoms with Gasteiger partial charge in [0.15, 0.2) is 5.69 Å². The Bertz CT molecular complexity index is 1190. The van der Waals surface area contributed by atoms with E-state index in [1.54, 1.807) is 6.20 Å². The lowest BCUT2D eigenvalue weighted by Gasteiger charge is -2.13. The molecule has 0 radical (unpaired) electrons. The third-order valence-electron chi connectivity index (χ3n) is 6.79. The molecule has 1 aromatic carbocycles. The second kappa shape index (κ2) is 12.0. The van der Waals surface area contributed by atoms with E-state index in [4.69, 9.17) is 14.5 Å². The van der Waals surface area contributed by atoms with Gasteiger partial charge in [-0.25, -0.2) is 9.78 Å². The van der Waals surface area contributed by atoms with Crippen LogP contribution >= 0.6 is 0 Å². The van der Waals surface area contributed by atoms with Crippen molar-refractivity contribution < 1.29 is 19.1 Å².